The van der Waals surface area contributed by atoms with Gasteiger partial charge in [-0.25, -0.2) is 4.39 Å². The maximum atomic E-state index is 13.0. The SMILES string of the molecule is C[C@@H]1C[C@H](NN)c2cc(F)ccc2O1. The zero-order chi connectivity index (χ0) is 10.1. The van der Waals surface area contributed by atoms with Gasteiger partial charge in [-0.2, -0.15) is 0 Å². The van der Waals surface area contributed by atoms with Crippen molar-refractivity contribution in [3.05, 3.63) is 29.6 Å². The molecule has 0 radical (unpaired) electrons. The highest BCUT2D eigenvalue weighted by Gasteiger charge is 2.25. The Hall–Kier alpha value is -1.13. The molecule has 3 nitrogen and oxygen atoms in total. The molecule has 0 unspecified atom stereocenters. The number of ether oxygens (including phenoxy) is 1. The molecule has 2 atom stereocenters. The molecule has 1 aromatic rings. The van der Waals surface area contributed by atoms with E-state index in [-0.39, 0.29) is 18.0 Å². The van der Waals surface area contributed by atoms with Gasteiger partial charge in [-0.3, -0.25) is 11.3 Å². The number of hydrogen-bond donors (Lipinski definition) is 2. The fraction of sp³-hybridized carbons (Fsp3) is 0.400. The minimum absolute atomic E-state index is 0.0237. The lowest BCUT2D eigenvalue weighted by Crippen LogP contribution is -2.35. The second kappa shape index (κ2) is 3.55. The Bertz CT molecular complexity index is 343. The van der Waals surface area contributed by atoms with Gasteiger partial charge in [0.05, 0.1) is 12.1 Å². The van der Waals surface area contributed by atoms with Crippen molar-refractivity contribution in [2.75, 3.05) is 0 Å². The monoisotopic (exact) mass is 196 g/mol. The summed E-state index contributed by atoms with van der Waals surface area (Å²) >= 11 is 0. The van der Waals surface area contributed by atoms with Crippen molar-refractivity contribution >= 4 is 0 Å². The standard InChI is InChI=1S/C10H13FN2O/c1-6-4-9(13-12)8-5-7(11)2-3-10(8)14-6/h2-3,5-6,9,13H,4,12H2,1H3/t6-,9+/m1/s1. The first-order chi connectivity index (χ1) is 6.70. The molecular weight excluding hydrogens is 183 g/mol. The molecule has 3 N–H and O–H groups in total. The Morgan fingerprint density at radius 2 is 2.36 bits per heavy atom. The first kappa shape index (κ1) is 9.43. The van der Waals surface area contributed by atoms with Crippen LogP contribution in [0, 0.1) is 5.82 Å². The van der Waals surface area contributed by atoms with Gasteiger partial charge in [0.2, 0.25) is 0 Å². The van der Waals surface area contributed by atoms with Gasteiger partial charge in [0.15, 0.2) is 0 Å². The molecule has 1 aliphatic rings. The van der Waals surface area contributed by atoms with Gasteiger partial charge in [-0.05, 0) is 25.1 Å². The molecule has 2 rings (SSSR count). The van der Waals surface area contributed by atoms with Crippen molar-refractivity contribution in [3.63, 3.8) is 0 Å². The van der Waals surface area contributed by atoms with E-state index in [1.807, 2.05) is 6.92 Å². The Labute approximate surface area is 82.0 Å². The number of hydrogen-bond acceptors (Lipinski definition) is 3. The van der Waals surface area contributed by atoms with Crippen LogP contribution in [0.4, 0.5) is 4.39 Å². The van der Waals surface area contributed by atoms with Crippen LogP contribution in [0.25, 0.3) is 0 Å². The summed E-state index contributed by atoms with van der Waals surface area (Å²) in [4.78, 5) is 0. The predicted molar refractivity (Wildman–Crippen MR) is 51.2 cm³/mol. The second-order valence-corrected chi connectivity index (χ2v) is 3.57. The maximum Gasteiger partial charge on any atom is 0.124 e. The minimum Gasteiger partial charge on any atom is -0.490 e. The molecule has 4 heteroatoms. The van der Waals surface area contributed by atoms with E-state index < -0.39 is 0 Å². The lowest BCUT2D eigenvalue weighted by atomic mass is 9.97. The van der Waals surface area contributed by atoms with Crippen LogP contribution in [0.2, 0.25) is 0 Å². The fourth-order valence-corrected chi connectivity index (χ4v) is 1.78. The molecule has 1 aliphatic heterocycles. The summed E-state index contributed by atoms with van der Waals surface area (Å²) in [6.45, 7) is 1.97. The van der Waals surface area contributed by atoms with E-state index in [1.165, 1.54) is 12.1 Å². The van der Waals surface area contributed by atoms with Crippen LogP contribution in [-0.4, -0.2) is 6.10 Å². The van der Waals surface area contributed by atoms with Crippen molar-refractivity contribution in [2.24, 2.45) is 5.84 Å². The quantitative estimate of drug-likeness (QED) is 0.528. The van der Waals surface area contributed by atoms with Gasteiger partial charge >= 0.3 is 0 Å². The van der Waals surface area contributed by atoms with Gasteiger partial charge in [-0.15, -0.1) is 0 Å². The van der Waals surface area contributed by atoms with Gasteiger partial charge < -0.3 is 4.74 Å². The van der Waals surface area contributed by atoms with E-state index in [4.69, 9.17) is 10.6 Å². The van der Waals surface area contributed by atoms with E-state index in [0.717, 1.165) is 12.0 Å². The summed E-state index contributed by atoms with van der Waals surface area (Å²) in [5.41, 5.74) is 3.47. The molecule has 0 saturated heterocycles. The summed E-state index contributed by atoms with van der Waals surface area (Å²) in [6, 6.07) is 4.48. The van der Waals surface area contributed by atoms with Crippen molar-refractivity contribution < 1.29 is 9.13 Å². The third-order valence-electron chi connectivity index (χ3n) is 2.44. The van der Waals surface area contributed by atoms with Gasteiger partial charge in [0, 0.05) is 12.0 Å². The summed E-state index contributed by atoms with van der Waals surface area (Å²) in [5, 5.41) is 0. The van der Waals surface area contributed by atoms with Crippen molar-refractivity contribution in [2.45, 2.75) is 25.5 Å². The molecule has 0 aliphatic carbocycles. The average molecular weight is 196 g/mol. The number of nitrogens with two attached hydrogens (primary N) is 1. The molecule has 0 fully saturated rings. The number of rotatable bonds is 1. The van der Waals surface area contributed by atoms with Crippen LogP contribution in [0.15, 0.2) is 18.2 Å². The first-order valence-corrected chi connectivity index (χ1v) is 4.63. The largest absolute Gasteiger partial charge is 0.490 e. The Morgan fingerprint density at radius 3 is 3.07 bits per heavy atom. The van der Waals surface area contributed by atoms with Crippen LogP contribution in [0.5, 0.6) is 5.75 Å². The lowest BCUT2D eigenvalue weighted by molar-refractivity contribution is 0.166. The molecule has 1 aromatic carbocycles. The van der Waals surface area contributed by atoms with Crippen LogP contribution in [0.1, 0.15) is 24.9 Å². The molecule has 14 heavy (non-hydrogen) atoms. The maximum absolute atomic E-state index is 13.0. The molecule has 0 aromatic heterocycles. The molecular formula is C10H13FN2O. The summed E-state index contributed by atoms with van der Waals surface area (Å²) in [7, 11) is 0. The molecule has 0 amide bonds. The van der Waals surface area contributed by atoms with E-state index in [0.29, 0.717) is 5.75 Å². The Morgan fingerprint density at radius 1 is 1.57 bits per heavy atom. The van der Waals surface area contributed by atoms with E-state index in [2.05, 4.69) is 5.43 Å². The summed E-state index contributed by atoms with van der Waals surface area (Å²) in [5.74, 6) is 5.86. The highest BCUT2D eigenvalue weighted by Crippen LogP contribution is 2.34. The van der Waals surface area contributed by atoms with Crippen LogP contribution >= 0.6 is 0 Å². The molecule has 0 bridgehead atoms. The molecule has 0 saturated carbocycles. The first-order valence-electron chi connectivity index (χ1n) is 4.63. The number of benzene rings is 1. The van der Waals surface area contributed by atoms with Crippen LogP contribution < -0.4 is 16.0 Å². The van der Waals surface area contributed by atoms with Crippen LogP contribution in [-0.2, 0) is 0 Å². The predicted octanol–water partition coefficient (Wildman–Crippen LogP) is 1.50. The van der Waals surface area contributed by atoms with Crippen molar-refractivity contribution in [3.8, 4) is 5.75 Å². The van der Waals surface area contributed by atoms with E-state index >= 15 is 0 Å². The smallest absolute Gasteiger partial charge is 0.124 e. The highest BCUT2D eigenvalue weighted by molar-refractivity contribution is 5.38. The van der Waals surface area contributed by atoms with Gasteiger partial charge in [0.1, 0.15) is 11.6 Å². The second-order valence-electron chi connectivity index (χ2n) is 3.57. The number of fused-ring (bicyclic) bond motifs is 1. The minimum atomic E-state index is -0.262. The average Bonchev–Trinajstić information content (AvgIpc) is 2.17. The third kappa shape index (κ3) is 1.58. The van der Waals surface area contributed by atoms with Crippen molar-refractivity contribution in [1.82, 2.24) is 5.43 Å². The highest BCUT2D eigenvalue weighted by atomic mass is 19.1. The zero-order valence-electron chi connectivity index (χ0n) is 7.96. The van der Waals surface area contributed by atoms with Gasteiger partial charge in [-0.1, -0.05) is 0 Å². The topological polar surface area (TPSA) is 47.3 Å². The molecule has 76 valence electrons. The number of nitrogens with one attached hydrogen (secondary N) is 1. The van der Waals surface area contributed by atoms with Crippen LogP contribution in [0.3, 0.4) is 0 Å². The van der Waals surface area contributed by atoms with E-state index in [1.54, 1.807) is 6.07 Å². The molecule has 1 heterocycles. The normalized spacial score (nSPS) is 25.4. The fourth-order valence-electron chi connectivity index (χ4n) is 1.78. The van der Waals surface area contributed by atoms with Crippen molar-refractivity contribution in [1.29, 1.82) is 0 Å². The molecule has 0 spiro atoms. The Balaban J connectivity index is 2.41. The number of hydrazine groups is 1. The number of halogens is 1. The van der Waals surface area contributed by atoms with E-state index in [9.17, 15) is 4.39 Å². The Kier molecular flexibility index (Phi) is 2.39. The summed E-state index contributed by atoms with van der Waals surface area (Å²) < 4.78 is 18.5. The van der Waals surface area contributed by atoms with Gasteiger partial charge in [0.25, 0.3) is 0 Å². The third-order valence-corrected chi connectivity index (χ3v) is 2.44. The summed E-state index contributed by atoms with van der Waals surface area (Å²) in [6.07, 6.45) is 0.862. The lowest BCUT2D eigenvalue weighted by Gasteiger charge is -2.29. The zero-order valence-corrected chi connectivity index (χ0v) is 7.96.